The largest absolute Gasteiger partial charge is 0.351 e. The summed E-state index contributed by atoms with van der Waals surface area (Å²) in [4.78, 5) is 11.7. The third-order valence-corrected chi connectivity index (χ3v) is 7.05. The van der Waals surface area contributed by atoms with Crippen molar-refractivity contribution in [3.05, 3.63) is 109 Å². The van der Waals surface area contributed by atoms with Gasteiger partial charge < -0.3 is 10.2 Å². The van der Waals surface area contributed by atoms with Gasteiger partial charge in [-0.25, -0.2) is 4.98 Å². The molecule has 0 saturated carbocycles. The van der Waals surface area contributed by atoms with Gasteiger partial charge in [-0.3, -0.25) is 9.55 Å². The summed E-state index contributed by atoms with van der Waals surface area (Å²) in [7, 11) is 0. The van der Waals surface area contributed by atoms with Crippen molar-refractivity contribution < 1.29 is 0 Å². The van der Waals surface area contributed by atoms with Crippen LogP contribution in [-0.2, 0) is 0 Å². The molecule has 3 aromatic heterocycles. The molecule has 0 amide bonds. The van der Waals surface area contributed by atoms with Crippen molar-refractivity contribution in [3.63, 3.8) is 0 Å². The molecule has 1 saturated heterocycles. The third kappa shape index (κ3) is 3.18. The van der Waals surface area contributed by atoms with Crippen molar-refractivity contribution in [3.8, 4) is 5.13 Å². The molecule has 156 valence electrons. The van der Waals surface area contributed by atoms with Crippen LogP contribution in [0, 0.1) is 0 Å². The number of aromatic nitrogens is 3. The molecule has 1 aliphatic heterocycles. The number of thiazole rings is 1. The fraction of sp³-hybridized carbons (Fsp3) is 0.0800. The van der Waals surface area contributed by atoms with Crippen LogP contribution in [0.25, 0.3) is 15.3 Å². The van der Waals surface area contributed by atoms with Gasteiger partial charge in [-0.15, -0.1) is 0 Å². The number of pyridine rings is 1. The molecule has 0 radical (unpaired) electrons. The van der Waals surface area contributed by atoms with Gasteiger partial charge in [0.1, 0.15) is 6.04 Å². The number of thiocarbonyl (C=S) groups is 1. The van der Waals surface area contributed by atoms with Crippen molar-refractivity contribution in [2.45, 2.75) is 12.1 Å². The average molecular weight is 454 g/mol. The Labute approximate surface area is 195 Å². The van der Waals surface area contributed by atoms with Gasteiger partial charge in [0.25, 0.3) is 0 Å². The maximum Gasteiger partial charge on any atom is 0.194 e. The Kier molecular flexibility index (Phi) is 4.70. The number of para-hydroxylation sites is 2. The van der Waals surface area contributed by atoms with Crippen LogP contribution < -0.4 is 10.2 Å². The van der Waals surface area contributed by atoms with Crippen molar-refractivity contribution in [1.82, 2.24) is 19.9 Å². The molecule has 6 rings (SSSR count). The monoisotopic (exact) mass is 453 g/mol. The number of hydrogen-bond acceptors (Lipinski definition) is 4. The van der Waals surface area contributed by atoms with E-state index < -0.39 is 0 Å². The molecule has 1 N–H and O–H groups in total. The molecule has 1 fully saturated rings. The van der Waals surface area contributed by atoms with E-state index in [-0.39, 0.29) is 12.1 Å². The summed E-state index contributed by atoms with van der Waals surface area (Å²) in [6.07, 6.45) is 3.90. The average Bonchev–Trinajstić information content (AvgIpc) is 3.56. The van der Waals surface area contributed by atoms with Gasteiger partial charge in [-0.1, -0.05) is 47.7 Å². The first-order valence-electron chi connectivity index (χ1n) is 10.4. The zero-order valence-electron chi connectivity index (χ0n) is 17.0. The van der Waals surface area contributed by atoms with E-state index in [9.17, 15) is 0 Å². The van der Waals surface area contributed by atoms with Crippen LogP contribution in [0.15, 0.2) is 97.3 Å². The van der Waals surface area contributed by atoms with Crippen molar-refractivity contribution in [2.24, 2.45) is 0 Å². The highest BCUT2D eigenvalue weighted by Crippen LogP contribution is 2.42. The number of hydrogen-bond donors (Lipinski definition) is 1. The summed E-state index contributed by atoms with van der Waals surface area (Å²) in [5.74, 6) is 0. The molecule has 7 heteroatoms. The lowest BCUT2D eigenvalue weighted by Gasteiger charge is -2.28. The van der Waals surface area contributed by atoms with Crippen LogP contribution in [0.2, 0.25) is 0 Å². The van der Waals surface area contributed by atoms with Gasteiger partial charge in [0.2, 0.25) is 0 Å². The smallest absolute Gasteiger partial charge is 0.194 e. The molecule has 0 unspecified atom stereocenters. The molecule has 0 spiro atoms. The number of anilines is 1. The minimum atomic E-state index is -0.0908. The first-order chi connectivity index (χ1) is 15.8. The summed E-state index contributed by atoms with van der Waals surface area (Å²) < 4.78 is 3.35. The van der Waals surface area contributed by atoms with E-state index in [0.29, 0.717) is 5.11 Å². The van der Waals surface area contributed by atoms with Crippen LogP contribution in [0.5, 0.6) is 0 Å². The highest BCUT2D eigenvalue weighted by atomic mass is 32.1. The zero-order valence-corrected chi connectivity index (χ0v) is 18.6. The maximum atomic E-state index is 5.83. The predicted octanol–water partition coefficient (Wildman–Crippen LogP) is 5.66. The Morgan fingerprint density at radius 2 is 1.69 bits per heavy atom. The quantitative estimate of drug-likeness (QED) is 0.356. The Morgan fingerprint density at radius 1 is 0.875 bits per heavy atom. The van der Waals surface area contributed by atoms with E-state index in [1.807, 2.05) is 48.7 Å². The lowest BCUT2D eigenvalue weighted by molar-refractivity contribution is 0.549. The summed E-state index contributed by atoms with van der Waals surface area (Å²) in [6, 6.07) is 28.6. The van der Waals surface area contributed by atoms with Crippen LogP contribution in [0.3, 0.4) is 0 Å². The normalized spacial score (nSPS) is 18.2. The van der Waals surface area contributed by atoms with Crippen molar-refractivity contribution in [2.75, 3.05) is 4.90 Å². The number of benzene rings is 2. The van der Waals surface area contributed by atoms with E-state index in [1.54, 1.807) is 11.3 Å². The summed E-state index contributed by atoms with van der Waals surface area (Å²) >= 11 is 7.52. The molecule has 2 aromatic carbocycles. The van der Waals surface area contributed by atoms with Gasteiger partial charge in [-0.2, -0.15) is 0 Å². The minimum Gasteiger partial charge on any atom is -0.351 e. The van der Waals surface area contributed by atoms with E-state index in [4.69, 9.17) is 17.2 Å². The second-order valence-electron chi connectivity index (χ2n) is 7.60. The minimum absolute atomic E-state index is 0.0817. The third-order valence-electron chi connectivity index (χ3n) is 5.70. The van der Waals surface area contributed by atoms with Gasteiger partial charge in [0, 0.05) is 18.1 Å². The van der Waals surface area contributed by atoms with Gasteiger partial charge in [0.05, 0.1) is 27.6 Å². The van der Waals surface area contributed by atoms with E-state index in [2.05, 4.69) is 68.4 Å². The molecule has 0 bridgehead atoms. The fourth-order valence-electron chi connectivity index (χ4n) is 4.29. The molecule has 1 aliphatic rings. The van der Waals surface area contributed by atoms with E-state index in [1.165, 1.54) is 4.70 Å². The van der Waals surface area contributed by atoms with Crippen LogP contribution >= 0.6 is 23.6 Å². The number of fused-ring (bicyclic) bond motifs is 1. The molecular weight excluding hydrogens is 434 g/mol. The molecule has 5 aromatic rings. The van der Waals surface area contributed by atoms with Crippen LogP contribution in [-0.4, -0.2) is 19.6 Å². The summed E-state index contributed by atoms with van der Waals surface area (Å²) in [5, 5.41) is 5.16. The standard InChI is InChI=1S/C25H19N5S2/c31-24-28-22(19-12-6-7-15-26-19)23(30(24)17-9-2-1-3-10-17)20-13-8-16-29(20)25-27-18-11-4-5-14-21(18)32-25/h1-16,22-23H,(H,28,31)/t22-,23+/m0/s1. The van der Waals surface area contributed by atoms with Crippen LogP contribution in [0.1, 0.15) is 23.5 Å². The highest BCUT2D eigenvalue weighted by Gasteiger charge is 2.42. The van der Waals surface area contributed by atoms with Gasteiger partial charge >= 0.3 is 0 Å². The number of nitrogens with zero attached hydrogens (tertiary/aromatic N) is 4. The van der Waals surface area contributed by atoms with E-state index in [0.717, 1.165) is 27.7 Å². The molecule has 5 nitrogen and oxygen atoms in total. The predicted molar refractivity (Wildman–Crippen MR) is 133 cm³/mol. The maximum absolute atomic E-state index is 5.83. The molecule has 0 aliphatic carbocycles. The van der Waals surface area contributed by atoms with Crippen LogP contribution in [0.4, 0.5) is 5.69 Å². The van der Waals surface area contributed by atoms with Crippen molar-refractivity contribution in [1.29, 1.82) is 0 Å². The summed E-state index contributed by atoms with van der Waals surface area (Å²) in [6.45, 7) is 0. The topological polar surface area (TPSA) is 46.0 Å². The molecular formula is C25H19N5S2. The highest BCUT2D eigenvalue weighted by molar-refractivity contribution is 7.80. The Balaban J connectivity index is 1.52. The molecule has 32 heavy (non-hydrogen) atoms. The zero-order chi connectivity index (χ0) is 21.5. The molecule has 2 atom stereocenters. The van der Waals surface area contributed by atoms with Gasteiger partial charge in [0.15, 0.2) is 10.2 Å². The Bertz CT molecular complexity index is 1360. The summed E-state index contributed by atoms with van der Waals surface area (Å²) in [5.41, 5.74) is 4.12. The van der Waals surface area contributed by atoms with E-state index >= 15 is 0 Å². The number of rotatable bonds is 4. The Hall–Kier alpha value is -3.55. The Morgan fingerprint density at radius 3 is 2.50 bits per heavy atom. The van der Waals surface area contributed by atoms with Gasteiger partial charge in [-0.05, 0) is 60.7 Å². The number of nitrogens with one attached hydrogen (secondary N) is 1. The molecule has 4 heterocycles. The van der Waals surface area contributed by atoms with Crippen molar-refractivity contribution >= 4 is 44.6 Å². The SMILES string of the molecule is S=C1N[C@@H](c2ccccn2)[C@@H](c2cccn2-c2nc3ccccc3s2)N1c1ccccc1. The second kappa shape index (κ2) is 7.85. The lowest BCUT2D eigenvalue weighted by Crippen LogP contribution is -2.30. The second-order valence-corrected chi connectivity index (χ2v) is 9.00. The fourth-order valence-corrected chi connectivity index (χ4v) is 5.61. The first kappa shape index (κ1) is 19.2. The lowest BCUT2D eigenvalue weighted by atomic mass is 10.0. The first-order valence-corrected chi connectivity index (χ1v) is 11.6.